The summed E-state index contributed by atoms with van der Waals surface area (Å²) in [5, 5.41) is 3.99. The van der Waals surface area contributed by atoms with Crippen LogP contribution in [0.25, 0.3) is 10.9 Å². The lowest BCUT2D eigenvalue weighted by molar-refractivity contribution is 0.0544. The lowest BCUT2D eigenvalue weighted by Crippen LogP contribution is -2.26. The van der Waals surface area contributed by atoms with Crippen LogP contribution in [-0.2, 0) is 4.74 Å². The number of carbonyl (C=O) groups is 1. The zero-order valence-corrected chi connectivity index (χ0v) is 17.0. The van der Waals surface area contributed by atoms with Crippen molar-refractivity contribution in [1.82, 2.24) is 14.5 Å². The topological polar surface area (TPSA) is 78.3 Å². The number of carbonyl (C=O) groups excluding carboxylic acids is 1. The lowest BCUT2D eigenvalue weighted by atomic mass is 10.2. The first-order valence-electron chi connectivity index (χ1n) is 9.55. The first-order chi connectivity index (χ1) is 14.4. The average Bonchev–Trinajstić information content (AvgIpc) is 3.11. The van der Waals surface area contributed by atoms with Gasteiger partial charge >= 0.3 is 6.09 Å². The third kappa shape index (κ3) is 4.57. The second-order valence-corrected chi connectivity index (χ2v) is 7.70. The molecule has 1 N–H and O–H groups in total. The van der Waals surface area contributed by atoms with Crippen LogP contribution in [-0.4, -0.2) is 26.2 Å². The molecule has 2 heterocycles. The first-order valence-corrected chi connectivity index (χ1v) is 9.55. The van der Waals surface area contributed by atoms with Crippen LogP contribution < -0.4 is 10.1 Å². The molecule has 0 fully saturated rings. The van der Waals surface area contributed by atoms with E-state index in [4.69, 9.17) is 9.47 Å². The Balaban J connectivity index is 1.52. The van der Waals surface area contributed by atoms with Crippen LogP contribution in [0.1, 0.15) is 20.8 Å². The van der Waals surface area contributed by atoms with Gasteiger partial charge < -0.3 is 14.8 Å². The molecule has 0 spiro atoms. The maximum absolute atomic E-state index is 12.4. The smallest absolute Gasteiger partial charge is 0.418 e. The number of rotatable bonds is 4. The van der Waals surface area contributed by atoms with Crippen molar-refractivity contribution in [3.05, 3.63) is 73.1 Å². The maximum atomic E-state index is 12.4. The molecule has 0 aliphatic rings. The van der Waals surface area contributed by atoms with E-state index < -0.39 is 11.7 Å². The fraction of sp³-hybridized carbons (Fsp3) is 0.174. The molecule has 4 aromatic rings. The second-order valence-electron chi connectivity index (χ2n) is 7.70. The summed E-state index contributed by atoms with van der Waals surface area (Å²) in [5.74, 6) is 1.46. The van der Waals surface area contributed by atoms with E-state index in [1.807, 2.05) is 69.3 Å². The minimum absolute atomic E-state index is 0.411. The summed E-state index contributed by atoms with van der Waals surface area (Å²) in [4.78, 5) is 21.0. The molecule has 0 unspecified atom stereocenters. The van der Waals surface area contributed by atoms with Gasteiger partial charge in [0.05, 0.1) is 5.52 Å². The van der Waals surface area contributed by atoms with Crippen molar-refractivity contribution in [2.45, 2.75) is 26.4 Å². The Hall–Kier alpha value is -3.87. The molecular weight excluding hydrogens is 380 g/mol. The molecule has 0 aliphatic heterocycles. The molecule has 0 saturated carbocycles. The van der Waals surface area contributed by atoms with Crippen LogP contribution in [0.5, 0.6) is 11.6 Å². The van der Waals surface area contributed by atoms with E-state index in [-0.39, 0.29) is 0 Å². The molecule has 0 radical (unpaired) electrons. The van der Waals surface area contributed by atoms with Gasteiger partial charge in [-0.05, 0) is 57.2 Å². The number of hydrogen-bond donors (Lipinski definition) is 1. The monoisotopic (exact) mass is 402 g/mol. The van der Waals surface area contributed by atoms with Crippen LogP contribution >= 0.6 is 0 Å². The van der Waals surface area contributed by atoms with Crippen molar-refractivity contribution < 1.29 is 14.3 Å². The van der Waals surface area contributed by atoms with E-state index in [9.17, 15) is 4.79 Å². The van der Waals surface area contributed by atoms with Crippen molar-refractivity contribution in [1.29, 1.82) is 0 Å². The number of fused-ring (bicyclic) bond motifs is 1. The Morgan fingerprint density at radius 3 is 2.60 bits per heavy atom. The minimum Gasteiger partial charge on any atom is -0.443 e. The van der Waals surface area contributed by atoms with Crippen molar-refractivity contribution >= 4 is 28.6 Å². The van der Waals surface area contributed by atoms with Crippen molar-refractivity contribution in [3.63, 3.8) is 0 Å². The van der Waals surface area contributed by atoms with E-state index in [0.717, 1.165) is 16.6 Å². The fourth-order valence-corrected chi connectivity index (χ4v) is 2.88. The van der Waals surface area contributed by atoms with E-state index in [1.54, 1.807) is 24.5 Å². The van der Waals surface area contributed by atoms with Gasteiger partial charge in [0.25, 0.3) is 0 Å². The molecule has 2 aromatic carbocycles. The molecular formula is C23H22N4O3. The number of ether oxygens (including phenoxy) is 2. The summed E-state index contributed by atoms with van der Waals surface area (Å²) in [6.45, 7) is 5.52. The first kappa shape index (κ1) is 19.4. The number of benzene rings is 2. The molecule has 30 heavy (non-hydrogen) atoms. The standard InChI is InChI=1S/C23H22N4O3/c1-23(2,3)30-22(28)27-14-12-16-15-18(9-10-19(16)27)29-20-11-13-24-21(26-20)25-17-7-5-4-6-8-17/h4-15H,1-3H3,(H,24,25,26). The van der Waals surface area contributed by atoms with Gasteiger partial charge in [-0.3, -0.25) is 4.57 Å². The number of nitrogens with one attached hydrogen (secondary N) is 1. The quantitative estimate of drug-likeness (QED) is 0.468. The molecule has 2 aromatic heterocycles. The molecule has 7 heteroatoms. The van der Waals surface area contributed by atoms with Gasteiger partial charge in [-0.2, -0.15) is 4.98 Å². The Labute approximate surface area is 174 Å². The van der Waals surface area contributed by atoms with Crippen LogP contribution in [0.2, 0.25) is 0 Å². The van der Waals surface area contributed by atoms with E-state index in [0.29, 0.717) is 17.6 Å². The average molecular weight is 402 g/mol. The van der Waals surface area contributed by atoms with Gasteiger partial charge in [0.1, 0.15) is 11.4 Å². The van der Waals surface area contributed by atoms with Crippen LogP contribution in [0.15, 0.2) is 73.1 Å². The minimum atomic E-state index is -0.560. The van der Waals surface area contributed by atoms with Crippen LogP contribution in [0.3, 0.4) is 0 Å². The highest BCUT2D eigenvalue weighted by molar-refractivity contribution is 5.90. The molecule has 0 aliphatic carbocycles. The van der Waals surface area contributed by atoms with Gasteiger partial charge in [0, 0.05) is 29.5 Å². The van der Waals surface area contributed by atoms with E-state index >= 15 is 0 Å². The Bertz CT molecular complexity index is 1180. The number of anilines is 2. The predicted octanol–water partition coefficient (Wildman–Crippen LogP) is 5.75. The van der Waals surface area contributed by atoms with Gasteiger partial charge in [-0.25, -0.2) is 9.78 Å². The Morgan fingerprint density at radius 1 is 1.03 bits per heavy atom. The molecule has 0 atom stereocenters. The SMILES string of the molecule is CC(C)(C)OC(=O)n1ccc2cc(Oc3ccnc(Nc4ccccc4)n3)ccc21. The molecule has 7 nitrogen and oxygen atoms in total. The maximum Gasteiger partial charge on any atom is 0.418 e. The van der Waals surface area contributed by atoms with Crippen molar-refractivity contribution in [2.75, 3.05) is 5.32 Å². The highest BCUT2D eigenvalue weighted by Gasteiger charge is 2.19. The third-order valence-corrected chi connectivity index (χ3v) is 4.13. The number of hydrogen-bond acceptors (Lipinski definition) is 6. The highest BCUT2D eigenvalue weighted by atomic mass is 16.6. The third-order valence-electron chi connectivity index (χ3n) is 4.13. The molecule has 4 rings (SSSR count). The highest BCUT2D eigenvalue weighted by Crippen LogP contribution is 2.26. The summed E-state index contributed by atoms with van der Waals surface area (Å²) >= 11 is 0. The summed E-state index contributed by atoms with van der Waals surface area (Å²) in [6, 6.07) is 18.7. The summed E-state index contributed by atoms with van der Waals surface area (Å²) < 4.78 is 12.8. The summed E-state index contributed by atoms with van der Waals surface area (Å²) in [5.41, 5.74) is 1.07. The molecule has 152 valence electrons. The van der Waals surface area contributed by atoms with E-state index in [1.165, 1.54) is 4.57 Å². The van der Waals surface area contributed by atoms with Crippen molar-refractivity contribution in [3.8, 4) is 11.6 Å². The fourth-order valence-electron chi connectivity index (χ4n) is 2.88. The number of aromatic nitrogens is 3. The lowest BCUT2D eigenvalue weighted by Gasteiger charge is -2.19. The number of nitrogens with zero attached hydrogens (tertiary/aromatic N) is 3. The van der Waals surface area contributed by atoms with E-state index in [2.05, 4.69) is 15.3 Å². The van der Waals surface area contributed by atoms with Gasteiger partial charge in [-0.1, -0.05) is 18.2 Å². The Morgan fingerprint density at radius 2 is 1.83 bits per heavy atom. The second kappa shape index (κ2) is 7.87. The van der Waals surface area contributed by atoms with Gasteiger partial charge in [0.15, 0.2) is 0 Å². The summed E-state index contributed by atoms with van der Waals surface area (Å²) in [7, 11) is 0. The zero-order chi connectivity index (χ0) is 21.1. The molecule has 0 saturated heterocycles. The van der Waals surface area contributed by atoms with Crippen molar-refractivity contribution in [2.24, 2.45) is 0 Å². The van der Waals surface area contributed by atoms with Crippen LogP contribution in [0, 0.1) is 0 Å². The molecule has 0 amide bonds. The normalized spacial score (nSPS) is 11.3. The Kier molecular flexibility index (Phi) is 5.10. The van der Waals surface area contributed by atoms with Gasteiger partial charge in [-0.15, -0.1) is 0 Å². The zero-order valence-electron chi connectivity index (χ0n) is 17.0. The van der Waals surface area contributed by atoms with Gasteiger partial charge in [0.2, 0.25) is 11.8 Å². The number of para-hydroxylation sites is 1. The largest absolute Gasteiger partial charge is 0.443 e. The predicted molar refractivity (Wildman–Crippen MR) is 115 cm³/mol. The molecule has 0 bridgehead atoms. The van der Waals surface area contributed by atoms with Crippen LogP contribution in [0.4, 0.5) is 16.4 Å². The summed E-state index contributed by atoms with van der Waals surface area (Å²) in [6.07, 6.45) is 2.90.